The van der Waals surface area contributed by atoms with Crippen molar-refractivity contribution in [2.24, 2.45) is 0 Å². The van der Waals surface area contributed by atoms with Gasteiger partial charge in [0.1, 0.15) is 0 Å². The van der Waals surface area contributed by atoms with Crippen molar-refractivity contribution in [1.29, 1.82) is 0 Å². The summed E-state index contributed by atoms with van der Waals surface area (Å²) in [6.45, 7) is 10.5. The highest BCUT2D eigenvalue weighted by Gasteiger charge is 2.11. The molecule has 1 heterocycles. The Bertz CT molecular complexity index is 421. The quantitative estimate of drug-likeness (QED) is 0.769. The standard InChI is InChI=1S/C10H10N2O3/c1-6(2)15-9-8(11-3)4-7(5-12-9)10(13)14/h4-6H,1-2H3,(H,13,14). The molecule has 1 aromatic heterocycles. The second-order valence-electron chi connectivity index (χ2n) is 3.13. The van der Waals surface area contributed by atoms with E-state index < -0.39 is 5.97 Å². The van der Waals surface area contributed by atoms with Crippen LogP contribution in [0.3, 0.4) is 0 Å². The molecule has 78 valence electrons. The van der Waals surface area contributed by atoms with E-state index in [1.54, 1.807) is 13.8 Å². The minimum Gasteiger partial charge on any atom is -0.484 e. The average molecular weight is 206 g/mol. The molecule has 0 saturated heterocycles. The van der Waals surface area contributed by atoms with Crippen LogP contribution in [-0.2, 0) is 0 Å². The average Bonchev–Trinajstić information content (AvgIpc) is 2.17. The smallest absolute Gasteiger partial charge is 0.335 e. The van der Waals surface area contributed by atoms with Gasteiger partial charge in [-0.25, -0.2) is 14.6 Å². The largest absolute Gasteiger partial charge is 0.484 e. The van der Waals surface area contributed by atoms with E-state index >= 15 is 0 Å². The van der Waals surface area contributed by atoms with E-state index in [0.29, 0.717) is 0 Å². The maximum atomic E-state index is 10.6. The van der Waals surface area contributed by atoms with E-state index in [0.717, 1.165) is 0 Å². The highest BCUT2D eigenvalue weighted by molar-refractivity contribution is 5.88. The van der Waals surface area contributed by atoms with E-state index in [-0.39, 0.29) is 23.2 Å². The minimum absolute atomic E-state index is 0.0166. The van der Waals surface area contributed by atoms with E-state index in [9.17, 15) is 4.79 Å². The molecular formula is C10H10N2O3. The van der Waals surface area contributed by atoms with Crippen LogP contribution in [0.4, 0.5) is 5.69 Å². The molecule has 0 aromatic carbocycles. The molecule has 0 aliphatic heterocycles. The molecule has 1 N–H and O–H groups in total. The van der Waals surface area contributed by atoms with Crippen molar-refractivity contribution in [1.82, 2.24) is 4.98 Å². The lowest BCUT2D eigenvalue weighted by molar-refractivity contribution is 0.0696. The van der Waals surface area contributed by atoms with Gasteiger partial charge in [0.05, 0.1) is 18.2 Å². The Balaban J connectivity index is 3.11. The number of carboxylic acids is 1. The number of hydrogen-bond donors (Lipinski definition) is 1. The molecular weight excluding hydrogens is 196 g/mol. The zero-order valence-corrected chi connectivity index (χ0v) is 8.39. The van der Waals surface area contributed by atoms with Crippen LogP contribution in [-0.4, -0.2) is 22.2 Å². The molecule has 0 radical (unpaired) electrons. The van der Waals surface area contributed by atoms with Crippen LogP contribution >= 0.6 is 0 Å². The first-order chi connectivity index (χ1) is 7.04. The Kier molecular flexibility index (Phi) is 3.24. The predicted molar refractivity (Wildman–Crippen MR) is 53.2 cm³/mol. The lowest BCUT2D eigenvalue weighted by Crippen LogP contribution is -2.07. The molecule has 0 saturated carbocycles. The molecule has 0 aliphatic carbocycles. The van der Waals surface area contributed by atoms with Gasteiger partial charge in [0.15, 0.2) is 0 Å². The molecule has 0 unspecified atom stereocenters. The van der Waals surface area contributed by atoms with Gasteiger partial charge in [-0.15, -0.1) is 0 Å². The van der Waals surface area contributed by atoms with Crippen LogP contribution in [0.2, 0.25) is 0 Å². The van der Waals surface area contributed by atoms with E-state index in [2.05, 4.69) is 9.83 Å². The monoisotopic (exact) mass is 206 g/mol. The van der Waals surface area contributed by atoms with Gasteiger partial charge in [0, 0.05) is 6.20 Å². The molecule has 1 rings (SSSR count). The minimum atomic E-state index is -1.11. The number of aromatic nitrogens is 1. The normalized spacial score (nSPS) is 9.73. The first kappa shape index (κ1) is 11.0. The summed E-state index contributed by atoms with van der Waals surface area (Å²) in [4.78, 5) is 17.6. The summed E-state index contributed by atoms with van der Waals surface area (Å²) in [5.74, 6) is -0.937. The molecule has 1 aromatic rings. The fourth-order valence-electron chi connectivity index (χ4n) is 0.952. The topological polar surface area (TPSA) is 63.8 Å². The molecule has 0 aliphatic rings. The number of ether oxygens (including phenoxy) is 1. The molecule has 0 amide bonds. The summed E-state index contributed by atoms with van der Waals surface area (Å²) in [6, 6.07) is 1.25. The molecule has 5 nitrogen and oxygen atoms in total. The second-order valence-corrected chi connectivity index (χ2v) is 3.13. The summed E-state index contributed by atoms with van der Waals surface area (Å²) in [5, 5.41) is 8.69. The molecule has 0 bridgehead atoms. The first-order valence-corrected chi connectivity index (χ1v) is 4.32. The Morgan fingerprint density at radius 2 is 2.33 bits per heavy atom. The van der Waals surface area contributed by atoms with Gasteiger partial charge in [-0.3, -0.25) is 0 Å². The van der Waals surface area contributed by atoms with Gasteiger partial charge in [-0.2, -0.15) is 0 Å². The van der Waals surface area contributed by atoms with Gasteiger partial charge in [0.2, 0.25) is 11.6 Å². The summed E-state index contributed by atoms with van der Waals surface area (Å²) in [7, 11) is 0. The highest BCUT2D eigenvalue weighted by atomic mass is 16.5. The number of pyridine rings is 1. The molecule has 0 spiro atoms. The van der Waals surface area contributed by atoms with Crippen molar-refractivity contribution in [3.05, 3.63) is 29.2 Å². The lowest BCUT2D eigenvalue weighted by Gasteiger charge is -2.10. The highest BCUT2D eigenvalue weighted by Crippen LogP contribution is 2.26. The van der Waals surface area contributed by atoms with Gasteiger partial charge >= 0.3 is 5.97 Å². The Morgan fingerprint density at radius 1 is 1.67 bits per heavy atom. The summed E-state index contributed by atoms with van der Waals surface area (Å²) in [5.41, 5.74) is 0.0979. The Hall–Kier alpha value is -2.09. The third kappa shape index (κ3) is 2.68. The predicted octanol–water partition coefficient (Wildman–Crippen LogP) is 2.12. The first-order valence-electron chi connectivity index (χ1n) is 4.32. The van der Waals surface area contributed by atoms with Crippen molar-refractivity contribution >= 4 is 11.7 Å². The second kappa shape index (κ2) is 4.42. The molecule has 0 fully saturated rings. The fourth-order valence-corrected chi connectivity index (χ4v) is 0.952. The van der Waals surface area contributed by atoms with Gasteiger partial charge in [-0.1, -0.05) is 0 Å². The third-order valence-electron chi connectivity index (χ3n) is 1.55. The fraction of sp³-hybridized carbons (Fsp3) is 0.300. The zero-order valence-electron chi connectivity index (χ0n) is 8.39. The van der Waals surface area contributed by atoms with Crippen LogP contribution in [0.1, 0.15) is 24.2 Å². The maximum absolute atomic E-state index is 10.6. The van der Waals surface area contributed by atoms with Crippen molar-refractivity contribution in [2.75, 3.05) is 0 Å². The van der Waals surface area contributed by atoms with Crippen LogP contribution in [0.15, 0.2) is 12.3 Å². The van der Waals surface area contributed by atoms with Gasteiger partial charge in [-0.05, 0) is 19.9 Å². The zero-order chi connectivity index (χ0) is 11.4. The Labute approximate surface area is 87.1 Å². The third-order valence-corrected chi connectivity index (χ3v) is 1.55. The van der Waals surface area contributed by atoms with E-state index in [4.69, 9.17) is 16.4 Å². The summed E-state index contributed by atoms with van der Waals surface area (Å²) >= 11 is 0. The number of rotatable bonds is 3. The number of carboxylic acid groups (broad SMARTS) is 1. The summed E-state index contributed by atoms with van der Waals surface area (Å²) < 4.78 is 5.25. The number of hydrogen-bond acceptors (Lipinski definition) is 3. The number of carbonyl (C=O) groups is 1. The van der Waals surface area contributed by atoms with E-state index in [1.807, 2.05) is 0 Å². The molecule has 0 atom stereocenters. The molecule has 5 heteroatoms. The van der Waals surface area contributed by atoms with Crippen LogP contribution in [0.5, 0.6) is 5.88 Å². The van der Waals surface area contributed by atoms with Crippen LogP contribution < -0.4 is 4.74 Å². The van der Waals surface area contributed by atoms with Gasteiger partial charge < -0.3 is 9.84 Å². The van der Waals surface area contributed by atoms with Crippen LogP contribution in [0.25, 0.3) is 4.85 Å². The maximum Gasteiger partial charge on any atom is 0.335 e. The van der Waals surface area contributed by atoms with Crippen molar-refractivity contribution in [2.45, 2.75) is 20.0 Å². The van der Waals surface area contributed by atoms with Crippen LogP contribution in [0, 0.1) is 6.57 Å². The lowest BCUT2D eigenvalue weighted by atomic mass is 10.2. The summed E-state index contributed by atoms with van der Waals surface area (Å²) in [6.07, 6.45) is 1.07. The van der Waals surface area contributed by atoms with Crippen molar-refractivity contribution < 1.29 is 14.6 Å². The van der Waals surface area contributed by atoms with Crippen molar-refractivity contribution in [3.63, 3.8) is 0 Å². The molecule has 15 heavy (non-hydrogen) atoms. The Morgan fingerprint density at radius 3 is 2.80 bits per heavy atom. The van der Waals surface area contributed by atoms with Crippen molar-refractivity contribution in [3.8, 4) is 5.88 Å². The SMILES string of the molecule is [C-]#[N+]c1cc(C(=O)O)cnc1OC(C)C. The van der Waals surface area contributed by atoms with E-state index in [1.165, 1.54) is 12.3 Å². The number of nitrogens with zero attached hydrogens (tertiary/aromatic N) is 2. The van der Waals surface area contributed by atoms with Gasteiger partial charge in [0.25, 0.3) is 0 Å². The number of aromatic carboxylic acids is 1.